The van der Waals surface area contributed by atoms with E-state index >= 15 is 4.39 Å². The number of hydrogen-bond acceptors (Lipinski definition) is 10. The highest BCUT2D eigenvalue weighted by Crippen LogP contribution is 2.45. The van der Waals surface area contributed by atoms with Crippen LogP contribution in [0.15, 0.2) is 24.3 Å². The Balaban J connectivity index is 1.35. The first-order valence-electron chi connectivity index (χ1n) is 15.0. The van der Waals surface area contributed by atoms with E-state index in [0.717, 1.165) is 19.4 Å². The van der Waals surface area contributed by atoms with Crippen LogP contribution in [0.5, 0.6) is 17.6 Å². The van der Waals surface area contributed by atoms with Gasteiger partial charge in [0.25, 0.3) is 0 Å². The first kappa shape index (κ1) is 28.6. The second-order valence-corrected chi connectivity index (χ2v) is 12.2. The van der Waals surface area contributed by atoms with E-state index in [1.165, 1.54) is 24.3 Å². The van der Waals surface area contributed by atoms with E-state index in [-0.39, 0.29) is 83.0 Å². The fraction of sp³-hybridized carbons (Fsp3) is 0.394. The maximum Gasteiger partial charge on any atom is 0.319 e. The summed E-state index contributed by atoms with van der Waals surface area (Å²) in [5.41, 5.74) is -1.11. The zero-order valence-corrected chi connectivity index (χ0v) is 24.5. The molecule has 6 heterocycles. The Morgan fingerprint density at radius 1 is 1.15 bits per heavy atom. The molecule has 234 valence electrons. The summed E-state index contributed by atoms with van der Waals surface area (Å²) < 4.78 is 64.3. The molecule has 3 saturated heterocycles. The fourth-order valence-corrected chi connectivity index (χ4v) is 7.49. The average Bonchev–Trinajstić information content (AvgIpc) is 3.52. The highest BCUT2D eigenvalue weighted by molar-refractivity contribution is 6.04. The summed E-state index contributed by atoms with van der Waals surface area (Å²) in [7, 11) is 0. The average molecular weight is 629 g/mol. The molecular formula is C33H27F3N6O4. The van der Waals surface area contributed by atoms with Crippen LogP contribution in [-0.4, -0.2) is 88.3 Å². The SMILES string of the molecule is C#Cc1c(F)ccc2cc(O)cc(-c3nc4c5c(nc(OC[C@@]67CCCN6C[C@H](F)C7)nc5c3F)N3[C@@H](COC[C@@H]3C#N)CO4)c12. The zero-order chi connectivity index (χ0) is 31.7. The molecule has 10 nitrogen and oxygen atoms in total. The Bertz CT molecular complexity index is 2010. The van der Waals surface area contributed by atoms with Crippen LogP contribution in [0.4, 0.5) is 19.0 Å². The minimum absolute atomic E-state index is 0.0224. The third kappa shape index (κ3) is 4.30. The van der Waals surface area contributed by atoms with Crippen LogP contribution in [0.1, 0.15) is 24.8 Å². The number of phenolic OH excluding ortho intramolecular Hbond substituents is 1. The van der Waals surface area contributed by atoms with E-state index in [0.29, 0.717) is 18.4 Å². The normalized spacial score (nSPS) is 25.4. The van der Waals surface area contributed by atoms with Crippen LogP contribution >= 0.6 is 0 Å². The molecule has 4 atom stereocenters. The van der Waals surface area contributed by atoms with E-state index in [4.69, 9.17) is 20.6 Å². The number of pyridine rings is 1. The summed E-state index contributed by atoms with van der Waals surface area (Å²) in [6.45, 7) is 1.51. The number of morpholine rings is 1. The van der Waals surface area contributed by atoms with Crippen molar-refractivity contribution in [2.45, 2.75) is 43.1 Å². The lowest BCUT2D eigenvalue weighted by Gasteiger charge is -2.38. The lowest BCUT2D eigenvalue weighted by molar-refractivity contribution is 0.0639. The minimum Gasteiger partial charge on any atom is -0.508 e. The van der Waals surface area contributed by atoms with Crippen LogP contribution in [0, 0.1) is 35.3 Å². The number of aromatic hydroxyl groups is 1. The molecule has 2 aromatic heterocycles. The molecular weight excluding hydrogens is 601 g/mol. The second-order valence-electron chi connectivity index (χ2n) is 12.2. The highest BCUT2D eigenvalue weighted by atomic mass is 19.1. The molecule has 4 aromatic rings. The van der Waals surface area contributed by atoms with Crippen molar-refractivity contribution in [3.63, 3.8) is 0 Å². The van der Waals surface area contributed by atoms with Crippen LogP contribution in [0.2, 0.25) is 0 Å². The van der Waals surface area contributed by atoms with Crippen molar-refractivity contribution in [1.82, 2.24) is 19.9 Å². The Labute approximate surface area is 261 Å². The summed E-state index contributed by atoms with van der Waals surface area (Å²) in [6, 6.07) is 6.09. The van der Waals surface area contributed by atoms with Crippen molar-refractivity contribution < 1.29 is 32.5 Å². The van der Waals surface area contributed by atoms with Crippen LogP contribution < -0.4 is 14.4 Å². The van der Waals surface area contributed by atoms with Crippen LogP contribution in [-0.2, 0) is 4.74 Å². The van der Waals surface area contributed by atoms with Crippen molar-refractivity contribution in [2.75, 3.05) is 44.4 Å². The van der Waals surface area contributed by atoms with Crippen LogP contribution in [0.3, 0.4) is 0 Å². The first-order valence-corrected chi connectivity index (χ1v) is 15.0. The van der Waals surface area contributed by atoms with Gasteiger partial charge in [0.1, 0.15) is 53.6 Å². The van der Waals surface area contributed by atoms with Gasteiger partial charge in [-0.2, -0.15) is 15.2 Å². The van der Waals surface area contributed by atoms with E-state index < -0.39 is 35.4 Å². The molecule has 0 bridgehead atoms. The number of fused-ring (bicyclic) bond motifs is 4. The molecule has 4 aliphatic rings. The highest BCUT2D eigenvalue weighted by Gasteiger charge is 2.49. The number of anilines is 1. The van der Waals surface area contributed by atoms with Crippen molar-refractivity contribution in [2.24, 2.45) is 0 Å². The predicted octanol–water partition coefficient (Wildman–Crippen LogP) is 4.26. The van der Waals surface area contributed by atoms with E-state index in [1.807, 2.05) is 0 Å². The van der Waals surface area contributed by atoms with Gasteiger partial charge in [-0.15, -0.1) is 6.42 Å². The summed E-state index contributed by atoms with van der Waals surface area (Å²) in [5.74, 6) is 0.679. The zero-order valence-electron chi connectivity index (χ0n) is 24.5. The van der Waals surface area contributed by atoms with Gasteiger partial charge in [0, 0.05) is 23.9 Å². The maximum atomic E-state index is 16.9. The van der Waals surface area contributed by atoms with Gasteiger partial charge >= 0.3 is 6.01 Å². The molecule has 8 rings (SSSR count). The lowest BCUT2D eigenvalue weighted by Crippen LogP contribution is -2.54. The number of nitrogens with zero attached hydrogens (tertiary/aromatic N) is 6. The summed E-state index contributed by atoms with van der Waals surface area (Å²) in [4.78, 5) is 17.5. The number of alkyl halides is 1. The second kappa shape index (κ2) is 10.6. The van der Waals surface area contributed by atoms with Gasteiger partial charge in [0.05, 0.1) is 36.4 Å². The lowest BCUT2D eigenvalue weighted by atomic mass is 9.95. The van der Waals surface area contributed by atoms with E-state index in [2.05, 4.69) is 31.8 Å². The van der Waals surface area contributed by atoms with Gasteiger partial charge in [-0.05, 0) is 43.0 Å². The quantitative estimate of drug-likeness (QED) is 0.329. The number of aromatic nitrogens is 3. The Hall–Kier alpha value is -4.85. The van der Waals surface area contributed by atoms with Gasteiger partial charge in [-0.25, -0.2) is 18.2 Å². The summed E-state index contributed by atoms with van der Waals surface area (Å²) in [6.07, 6.45) is 6.67. The standard InChI is InChI=1S/C33H27F3N6O4/c1-2-22-24(35)5-4-17-8-21(43)9-23(25(17)22)28-27(36)29-26-30(42-19(11-37)13-44-14-20(42)15-45-31(26)38-28)40-32(39-29)46-16-33-6-3-7-41(33)12-18(34)10-33/h1,4-5,8-9,18-20,43H,3,6-7,10,12-16H2/t18-,19+,20+,33+/m1/s1. The maximum absolute atomic E-state index is 16.9. The van der Waals surface area contributed by atoms with Crippen molar-refractivity contribution in [3.05, 3.63) is 41.5 Å². The molecule has 2 aromatic carbocycles. The largest absolute Gasteiger partial charge is 0.508 e. The van der Waals surface area contributed by atoms with Gasteiger partial charge in [0.15, 0.2) is 11.6 Å². The Morgan fingerprint density at radius 3 is 2.85 bits per heavy atom. The number of hydrogen-bond donors (Lipinski definition) is 1. The molecule has 0 amide bonds. The van der Waals surface area contributed by atoms with Crippen molar-refractivity contribution in [3.8, 4) is 47.3 Å². The number of ether oxygens (including phenoxy) is 3. The van der Waals surface area contributed by atoms with E-state index in [1.54, 1.807) is 4.90 Å². The molecule has 0 saturated carbocycles. The molecule has 1 N–H and O–H groups in total. The number of benzene rings is 2. The summed E-state index contributed by atoms with van der Waals surface area (Å²) in [5, 5.41) is 21.3. The number of nitriles is 1. The Kier molecular flexibility index (Phi) is 6.60. The molecule has 3 fully saturated rings. The third-order valence-corrected chi connectivity index (χ3v) is 9.52. The van der Waals surface area contributed by atoms with Gasteiger partial charge < -0.3 is 24.2 Å². The molecule has 46 heavy (non-hydrogen) atoms. The number of halogens is 3. The van der Waals surface area contributed by atoms with Gasteiger partial charge in [0.2, 0.25) is 5.88 Å². The van der Waals surface area contributed by atoms with Crippen molar-refractivity contribution >= 4 is 27.5 Å². The number of phenols is 1. The molecule has 0 spiro atoms. The monoisotopic (exact) mass is 628 g/mol. The number of rotatable bonds is 4. The van der Waals surface area contributed by atoms with E-state index in [9.17, 15) is 19.1 Å². The molecule has 0 aliphatic carbocycles. The van der Waals surface area contributed by atoms with Crippen LogP contribution in [0.25, 0.3) is 32.9 Å². The summed E-state index contributed by atoms with van der Waals surface area (Å²) >= 11 is 0. The molecule has 0 radical (unpaired) electrons. The fourth-order valence-electron chi connectivity index (χ4n) is 7.49. The minimum atomic E-state index is -0.975. The molecule has 4 aliphatic heterocycles. The predicted molar refractivity (Wildman–Crippen MR) is 160 cm³/mol. The van der Waals surface area contributed by atoms with Gasteiger partial charge in [-0.1, -0.05) is 12.0 Å². The molecule has 0 unspecified atom stereocenters. The number of terminal acetylenes is 1. The Morgan fingerprint density at radius 2 is 2.02 bits per heavy atom. The first-order chi connectivity index (χ1) is 22.3. The molecule has 13 heteroatoms. The van der Waals surface area contributed by atoms with Crippen molar-refractivity contribution in [1.29, 1.82) is 5.26 Å². The smallest absolute Gasteiger partial charge is 0.319 e. The van der Waals surface area contributed by atoms with Gasteiger partial charge in [-0.3, -0.25) is 4.90 Å². The third-order valence-electron chi connectivity index (χ3n) is 9.52. The topological polar surface area (TPSA) is 117 Å².